The second kappa shape index (κ2) is 10.9. The van der Waals surface area contributed by atoms with E-state index in [1.807, 2.05) is 0 Å². The number of carbonyl (C=O) groups excluding carboxylic acids is 3. The van der Waals surface area contributed by atoms with Gasteiger partial charge in [-0.25, -0.2) is 0 Å². The van der Waals surface area contributed by atoms with Crippen molar-refractivity contribution < 1.29 is 19.1 Å². The number of amides is 2. The van der Waals surface area contributed by atoms with E-state index < -0.39 is 11.8 Å². The van der Waals surface area contributed by atoms with Crippen LogP contribution in [0.25, 0.3) is 5.69 Å². The minimum absolute atomic E-state index is 0.134. The van der Waals surface area contributed by atoms with Gasteiger partial charge < -0.3 is 4.74 Å². The SMILES string of the molecule is O=C(c1ccccc1Cl)c1cc(Cl)ccc1-n1c(CN2CCOCC2)nnc1CN1C(=O)c2ccccc2C1=O. The number of aromatic nitrogens is 3. The fourth-order valence-electron chi connectivity index (χ4n) is 5.00. The molecule has 1 saturated heterocycles. The first kappa shape index (κ1) is 26.3. The molecular weight excluding hydrogens is 553 g/mol. The first-order valence-corrected chi connectivity index (χ1v) is 13.5. The lowest BCUT2D eigenvalue weighted by Gasteiger charge is -2.26. The van der Waals surface area contributed by atoms with Crippen LogP contribution in [-0.4, -0.2) is 68.5 Å². The van der Waals surface area contributed by atoms with Gasteiger partial charge in [0.05, 0.1) is 48.1 Å². The van der Waals surface area contributed by atoms with Crippen molar-refractivity contribution in [3.63, 3.8) is 0 Å². The van der Waals surface area contributed by atoms with Gasteiger partial charge >= 0.3 is 0 Å². The summed E-state index contributed by atoms with van der Waals surface area (Å²) in [5.74, 6) is -0.278. The molecular formula is C29H23Cl2N5O4. The molecule has 3 heterocycles. The van der Waals surface area contributed by atoms with E-state index in [4.69, 9.17) is 27.9 Å². The molecule has 4 aromatic rings. The van der Waals surface area contributed by atoms with Gasteiger partial charge in [0.2, 0.25) is 0 Å². The molecule has 0 spiro atoms. The first-order chi connectivity index (χ1) is 19.4. The van der Waals surface area contributed by atoms with Gasteiger partial charge in [-0.15, -0.1) is 10.2 Å². The van der Waals surface area contributed by atoms with E-state index in [0.29, 0.717) is 76.9 Å². The second-order valence-corrected chi connectivity index (χ2v) is 10.3. The quantitative estimate of drug-likeness (QED) is 0.237. The third-order valence-electron chi connectivity index (χ3n) is 7.01. The topological polar surface area (TPSA) is 97.6 Å². The van der Waals surface area contributed by atoms with Crippen molar-refractivity contribution in [3.05, 3.63) is 111 Å². The molecule has 2 aliphatic heterocycles. The number of ether oxygens (including phenoxy) is 1. The molecule has 6 rings (SSSR count). The Morgan fingerprint density at radius 1 is 0.800 bits per heavy atom. The Kier molecular flexibility index (Phi) is 7.20. The summed E-state index contributed by atoms with van der Waals surface area (Å²) >= 11 is 12.7. The zero-order valence-corrected chi connectivity index (χ0v) is 22.7. The predicted octanol–water partition coefficient (Wildman–Crippen LogP) is 4.43. The van der Waals surface area contributed by atoms with Gasteiger partial charge in [0.1, 0.15) is 0 Å². The summed E-state index contributed by atoms with van der Waals surface area (Å²) in [7, 11) is 0. The Bertz CT molecular complexity index is 1610. The normalized spacial score (nSPS) is 15.5. The smallest absolute Gasteiger partial charge is 0.261 e. The molecule has 202 valence electrons. The monoisotopic (exact) mass is 575 g/mol. The van der Waals surface area contributed by atoms with Crippen molar-refractivity contribution in [1.82, 2.24) is 24.6 Å². The summed E-state index contributed by atoms with van der Waals surface area (Å²) in [5, 5.41) is 9.53. The third-order valence-corrected chi connectivity index (χ3v) is 7.57. The maximum atomic E-state index is 13.8. The summed E-state index contributed by atoms with van der Waals surface area (Å²) in [6.45, 7) is 2.87. The van der Waals surface area contributed by atoms with Gasteiger partial charge in [-0.1, -0.05) is 47.5 Å². The Hall–Kier alpha value is -3.89. The summed E-state index contributed by atoms with van der Waals surface area (Å²) in [5.41, 5.74) is 1.75. The zero-order chi connectivity index (χ0) is 27.8. The third kappa shape index (κ3) is 4.82. The van der Waals surface area contributed by atoms with Crippen molar-refractivity contribution in [2.45, 2.75) is 13.1 Å². The number of hydrogen-bond donors (Lipinski definition) is 0. The van der Waals surface area contributed by atoms with Gasteiger partial charge in [-0.2, -0.15) is 0 Å². The van der Waals surface area contributed by atoms with Gasteiger partial charge in [0.25, 0.3) is 11.8 Å². The number of halogens is 2. The number of fused-ring (bicyclic) bond motifs is 1. The van der Waals surface area contributed by atoms with Crippen LogP contribution in [0.3, 0.4) is 0 Å². The van der Waals surface area contributed by atoms with Crippen LogP contribution in [0, 0.1) is 0 Å². The molecule has 1 aromatic heterocycles. The highest BCUT2D eigenvalue weighted by atomic mass is 35.5. The van der Waals surface area contributed by atoms with Crippen molar-refractivity contribution in [2.75, 3.05) is 26.3 Å². The van der Waals surface area contributed by atoms with E-state index in [2.05, 4.69) is 15.1 Å². The second-order valence-electron chi connectivity index (χ2n) is 9.47. The van der Waals surface area contributed by atoms with Gasteiger partial charge in [-0.05, 0) is 42.5 Å². The van der Waals surface area contributed by atoms with E-state index in [0.717, 1.165) is 4.90 Å². The molecule has 9 nitrogen and oxygen atoms in total. The minimum atomic E-state index is -0.409. The fourth-order valence-corrected chi connectivity index (χ4v) is 5.39. The van der Waals surface area contributed by atoms with Crippen LogP contribution in [0.1, 0.15) is 48.3 Å². The van der Waals surface area contributed by atoms with E-state index >= 15 is 0 Å². The summed E-state index contributed by atoms with van der Waals surface area (Å²) in [6, 6.07) is 18.4. The van der Waals surface area contributed by atoms with Crippen LogP contribution in [0.2, 0.25) is 10.0 Å². The highest BCUT2D eigenvalue weighted by molar-refractivity contribution is 6.35. The molecule has 0 radical (unpaired) electrons. The Labute approximate surface area is 239 Å². The fraction of sp³-hybridized carbons (Fsp3) is 0.207. The van der Waals surface area contributed by atoms with E-state index in [-0.39, 0.29) is 17.9 Å². The van der Waals surface area contributed by atoms with Crippen LogP contribution in [0.4, 0.5) is 0 Å². The van der Waals surface area contributed by atoms with Crippen LogP contribution in [0.15, 0.2) is 66.7 Å². The number of carbonyl (C=O) groups is 3. The number of hydrogen-bond acceptors (Lipinski definition) is 7. The molecule has 11 heteroatoms. The van der Waals surface area contributed by atoms with E-state index in [1.165, 1.54) is 0 Å². The number of imide groups is 1. The lowest BCUT2D eigenvalue weighted by Crippen LogP contribution is -2.36. The lowest BCUT2D eigenvalue weighted by molar-refractivity contribution is 0.0328. The summed E-state index contributed by atoms with van der Waals surface area (Å²) in [4.78, 5) is 43.4. The van der Waals surface area contributed by atoms with Crippen molar-refractivity contribution >= 4 is 40.8 Å². The Morgan fingerprint density at radius 2 is 1.43 bits per heavy atom. The standard InChI is InChI=1S/C29H23Cl2N5O4/c30-18-9-10-24(22(15-18)27(37)21-7-3-4-8-23(21)31)36-25(16-34-11-13-40-14-12-34)32-33-26(36)17-35-28(38)19-5-1-2-6-20(19)29(35)39/h1-10,15H,11-14,16-17H2. The van der Waals surface area contributed by atoms with Gasteiger partial charge in [0, 0.05) is 29.2 Å². The molecule has 0 bridgehead atoms. The highest BCUT2D eigenvalue weighted by Crippen LogP contribution is 2.30. The van der Waals surface area contributed by atoms with Crippen molar-refractivity contribution in [1.29, 1.82) is 0 Å². The zero-order valence-electron chi connectivity index (χ0n) is 21.2. The van der Waals surface area contributed by atoms with Gasteiger partial charge in [-0.3, -0.25) is 28.8 Å². The molecule has 0 unspecified atom stereocenters. The maximum absolute atomic E-state index is 13.8. The van der Waals surface area contributed by atoms with Crippen LogP contribution in [0.5, 0.6) is 0 Å². The largest absolute Gasteiger partial charge is 0.379 e. The average molecular weight is 576 g/mol. The molecule has 40 heavy (non-hydrogen) atoms. The molecule has 2 aliphatic rings. The maximum Gasteiger partial charge on any atom is 0.261 e. The average Bonchev–Trinajstić information content (AvgIpc) is 3.47. The molecule has 3 aromatic carbocycles. The van der Waals surface area contributed by atoms with Gasteiger partial charge in [0.15, 0.2) is 17.4 Å². The van der Waals surface area contributed by atoms with E-state index in [1.54, 1.807) is 71.3 Å². The number of nitrogens with zero attached hydrogens (tertiary/aromatic N) is 5. The predicted molar refractivity (Wildman–Crippen MR) is 148 cm³/mol. The molecule has 1 fully saturated rings. The summed E-state index contributed by atoms with van der Waals surface area (Å²) in [6.07, 6.45) is 0. The Balaban J connectivity index is 1.45. The summed E-state index contributed by atoms with van der Waals surface area (Å²) < 4.78 is 7.22. The lowest BCUT2D eigenvalue weighted by atomic mass is 10.0. The number of morpholine rings is 1. The molecule has 0 saturated carbocycles. The van der Waals surface area contributed by atoms with E-state index in [9.17, 15) is 14.4 Å². The molecule has 0 atom stereocenters. The Morgan fingerprint density at radius 3 is 2.10 bits per heavy atom. The van der Waals surface area contributed by atoms with Crippen molar-refractivity contribution in [3.8, 4) is 5.69 Å². The van der Waals surface area contributed by atoms with Crippen LogP contribution in [-0.2, 0) is 17.8 Å². The van der Waals surface area contributed by atoms with Crippen LogP contribution >= 0.6 is 23.2 Å². The first-order valence-electron chi connectivity index (χ1n) is 12.7. The molecule has 2 amide bonds. The van der Waals surface area contributed by atoms with Crippen molar-refractivity contribution in [2.24, 2.45) is 0 Å². The molecule has 0 N–H and O–H groups in total. The van der Waals surface area contributed by atoms with Crippen LogP contribution < -0.4 is 0 Å². The number of rotatable bonds is 7. The number of ketones is 1. The molecule has 0 aliphatic carbocycles. The number of benzene rings is 3. The highest BCUT2D eigenvalue weighted by Gasteiger charge is 2.37. The minimum Gasteiger partial charge on any atom is -0.379 e.